The SMILES string of the molecule is CC(C)(C)[Si](C)(C)OCC(CCCNC(=O)CCl)C(F)(F)F. The van der Waals surface area contributed by atoms with Crippen molar-refractivity contribution in [2.24, 2.45) is 5.92 Å². The van der Waals surface area contributed by atoms with Crippen molar-refractivity contribution in [3.05, 3.63) is 0 Å². The summed E-state index contributed by atoms with van der Waals surface area (Å²) in [5, 5.41) is 2.34. The maximum atomic E-state index is 13.1. The highest BCUT2D eigenvalue weighted by atomic mass is 35.5. The van der Waals surface area contributed by atoms with Gasteiger partial charge in [0.25, 0.3) is 0 Å². The van der Waals surface area contributed by atoms with Gasteiger partial charge in [0.2, 0.25) is 5.91 Å². The van der Waals surface area contributed by atoms with E-state index in [1.165, 1.54) is 0 Å². The van der Waals surface area contributed by atoms with Gasteiger partial charge < -0.3 is 9.74 Å². The molecule has 1 N–H and O–H groups in total. The van der Waals surface area contributed by atoms with Crippen molar-refractivity contribution in [2.75, 3.05) is 19.0 Å². The quantitative estimate of drug-likeness (QED) is 0.397. The summed E-state index contributed by atoms with van der Waals surface area (Å²) in [7, 11) is -2.20. The molecular formula is C14H27ClF3NO2Si. The topological polar surface area (TPSA) is 38.3 Å². The smallest absolute Gasteiger partial charge is 0.393 e. The number of nitrogens with one attached hydrogen (secondary N) is 1. The molecule has 0 aliphatic carbocycles. The van der Waals surface area contributed by atoms with Crippen LogP contribution in [0.25, 0.3) is 0 Å². The van der Waals surface area contributed by atoms with E-state index in [9.17, 15) is 18.0 Å². The van der Waals surface area contributed by atoms with Gasteiger partial charge in [0.1, 0.15) is 5.88 Å². The van der Waals surface area contributed by atoms with Crippen LogP contribution in [0.1, 0.15) is 33.6 Å². The van der Waals surface area contributed by atoms with Gasteiger partial charge in [0, 0.05) is 13.2 Å². The van der Waals surface area contributed by atoms with E-state index in [0.717, 1.165) is 0 Å². The average molecular weight is 362 g/mol. The highest BCUT2D eigenvalue weighted by molar-refractivity contribution is 6.74. The van der Waals surface area contributed by atoms with E-state index in [1.807, 2.05) is 33.9 Å². The standard InChI is InChI=1S/C14H27ClF3NO2Si/c1-13(2,3)22(4,5)21-10-11(14(16,17)18)7-6-8-19-12(20)9-15/h11H,6-10H2,1-5H3,(H,19,20). The van der Waals surface area contributed by atoms with Crippen LogP contribution < -0.4 is 5.32 Å². The lowest BCUT2D eigenvalue weighted by atomic mass is 10.0. The van der Waals surface area contributed by atoms with E-state index in [4.69, 9.17) is 16.0 Å². The number of carbonyl (C=O) groups excluding carboxylic acids is 1. The van der Waals surface area contributed by atoms with Gasteiger partial charge in [-0.2, -0.15) is 13.2 Å². The van der Waals surface area contributed by atoms with Crippen LogP contribution in [0, 0.1) is 5.92 Å². The van der Waals surface area contributed by atoms with E-state index in [0.29, 0.717) is 0 Å². The van der Waals surface area contributed by atoms with Gasteiger partial charge in [0.05, 0.1) is 5.92 Å². The summed E-state index contributed by atoms with van der Waals surface area (Å²) in [4.78, 5) is 10.9. The van der Waals surface area contributed by atoms with E-state index in [-0.39, 0.29) is 42.8 Å². The summed E-state index contributed by atoms with van der Waals surface area (Å²) < 4.78 is 44.9. The minimum absolute atomic E-state index is 0.0688. The predicted molar refractivity (Wildman–Crippen MR) is 85.7 cm³/mol. The van der Waals surface area contributed by atoms with E-state index in [2.05, 4.69) is 5.32 Å². The van der Waals surface area contributed by atoms with E-state index >= 15 is 0 Å². The highest BCUT2D eigenvalue weighted by Gasteiger charge is 2.43. The summed E-state index contributed by atoms with van der Waals surface area (Å²) in [5.41, 5.74) is 0. The van der Waals surface area contributed by atoms with Crippen molar-refractivity contribution in [2.45, 2.75) is 57.9 Å². The fraction of sp³-hybridized carbons (Fsp3) is 0.929. The summed E-state index contributed by atoms with van der Waals surface area (Å²) in [6.45, 7) is 9.71. The Labute approximate surface area is 137 Å². The molecule has 0 spiro atoms. The zero-order chi connectivity index (χ0) is 17.6. The molecule has 0 aromatic rings. The number of amides is 1. The minimum Gasteiger partial charge on any atom is -0.416 e. The van der Waals surface area contributed by atoms with Crippen molar-refractivity contribution in [3.63, 3.8) is 0 Å². The molecule has 3 nitrogen and oxygen atoms in total. The summed E-state index contributed by atoms with van der Waals surface area (Å²) in [6, 6.07) is 0. The number of hydrogen-bond donors (Lipinski definition) is 1. The third kappa shape index (κ3) is 7.83. The Bertz CT molecular complexity index is 357. The van der Waals surface area contributed by atoms with Crippen LogP contribution >= 0.6 is 11.6 Å². The van der Waals surface area contributed by atoms with Crippen LogP contribution in [0.3, 0.4) is 0 Å². The first-order valence-electron chi connectivity index (χ1n) is 7.34. The van der Waals surface area contributed by atoms with Gasteiger partial charge >= 0.3 is 6.18 Å². The monoisotopic (exact) mass is 361 g/mol. The second-order valence-electron chi connectivity index (χ2n) is 6.94. The molecule has 0 aromatic carbocycles. The molecule has 0 fully saturated rings. The van der Waals surface area contributed by atoms with Crippen LogP contribution in [0.4, 0.5) is 13.2 Å². The van der Waals surface area contributed by atoms with Gasteiger partial charge in [0.15, 0.2) is 8.32 Å². The van der Waals surface area contributed by atoms with Crippen molar-refractivity contribution in [1.29, 1.82) is 0 Å². The second kappa shape index (κ2) is 8.54. The molecule has 0 rings (SSSR count). The molecule has 1 amide bonds. The lowest BCUT2D eigenvalue weighted by molar-refractivity contribution is -0.184. The normalized spacial score (nSPS) is 14.8. The molecule has 132 valence electrons. The molecular weight excluding hydrogens is 335 g/mol. The summed E-state index contributed by atoms with van der Waals surface area (Å²) >= 11 is 5.30. The molecule has 22 heavy (non-hydrogen) atoms. The lowest BCUT2D eigenvalue weighted by Crippen LogP contribution is -2.43. The molecule has 0 radical (unpaired) electrons. The number of halogens is 4. The maximum absolute atomic E-state index is 13.1. The fourth-order valence-corrected chi connectivity index (χ4v) is 2.64. The predicted octanol–water partition coefficient (Wildman–Crippen LogP) is 4.32. The third-order valence-corrected chi connectivity index (χ3v) is 8.83. The zero-order valence-corrected chi connectivity index (χ0v) is 15.7. The van der Waals surface area contributed by atoms with E-state index < -0.39 is 20.4 Å². The molecule has 0 saturated heterocycles. The van der Waals surface area contributed by atoms with Gasteiger partial charge in [-0.1, -0.05) is 20.8 Å². The fourth-order valence-electron chi connectivity index (χ4n) is 1.49. The third-order valence-electron chi connectivity index (χ3n) is 4.09. The first-order chi connectivity index (χ1) is 9.81. The van der Waals surface area contributed by atoms with Gasteiger partial charge in [-0.05, 0) is 31.0 Å². The molecule has 8 heteroatoms. The zero-order valence-electron chi connectivity index (χ0n) is 13.9. The summed E-state index contributed by atoms with van der Waals surface area (Å²) in [6.07, 6.45) is -4.12. The Morgan fingerprint density at radius 2 is 1.82 bits per heavy atom. The Hall–Kier alpha value is -0.273. The Balaban J connectivity index is 4.47. The molecule has 0 heterocycles. The maximum Gasteiger partial charge on any atom is 0.393 e. The Morgan fingerprint density at radius 1 is 1.27 bits per heavy atom. The number of rotatable bonds is 8. The van der Waals surface area contributed by atoms with Gasteiger partial charge in [-0.3, -0.25) is 4.79 Å². The molecule has 0 bridgehead atoms. The largest absolute Gasteiger partial charge is 0.416 e. The first-order valence-corrected chi connectivity index (χ1v) is 10.8. The number of carbonyl (C=O) groups is 1. The molecule has 1 atom stereocenters. The molecule has 0 saturated carbocycles. The number of hydrogen-bond acceptors (Lipinski definition) is 2. The first kappa shape index (κ1) is 21.7. The molecule has 0 aliphatic heterocycles. The van der Waals surface area contributed by atoms with Crippen molar-refractivity contribution in [3.8, 4) is 0 Å². The Morgan fingerprint density at radius 3 is 2.23 bits per heavy atom. The average Bonchev–Trinajstić information content (AvgIpc) is 2.34. The van der Waals surface area contributed by atoms with Crippen molar-refractivity contribution in [1.82, 2.24) is 5.32 Å². The van der Waals surface area contributed by atoms with Crippen LogP contribution in [-0.4, -0.2) is 39.4 Å². The Kier molecular flexibility index (Phi) is 8.44. The van der Waals surface area contributed by atoms with Crippen LogP contribution in [0.5, 0.6) is 0 Å². The number of alkyl halides is 4. The van der Waals surface area contributed by atoms with Crippen LogP contribution in [0.2, 0.25) is 18.1 Å². The molecule has 1 unspecified atom stereocenters. The van der Waals surface area contributed by atoms with Gasteiger partial charge in [-0.25, -0.2) is 0 Å². The molecule has 0 aliphatic rings. The van der Waals surface area contributed by atoms with Crippen LogP contribution in [-0.2, 0) is 9.22 Å². The molecule has 0 aromatic heterocycles. The van der Waals surface area contributed by atoms with Crippen LogP contribution in [0.15, 0.2) is 0 Å². The van der Waals surface area contributed by atoms with Crippen molar-refractivity contribution < 1.29 is 22.4 Å². The second-order valence-corrected chi connectivity index (χ2v) is 12.0. The van der Waals surface area contributed by atoms with Gasteiger partial charge in [-0.15, -0.1) is 11.6 Å². The highest BCUT2D eigenvalue weighted by Crippen LogP contribution is 2.38. The van der Waals surface area contributed by atoms with Crippen molar-refractivity contribution >= 4 is 25.8 Å². The van der Waals surface area contributed by atoms with E-state index in [1.54, 1.807) is 0 Å². The summed E-state index contributed by atoms with van der Waals surface area (Å²) in [5.74, 6) is -2.06. The lowest BCUT2D eigenvalue weighted by Gasteiger charge is -2.37. The minimum atomic E-state index is -4.29.